The third-order valence-corrected chi connectivity index (χ3v) is 2.86. The molecule has 3 heteroatoms. The standard InChI is InChI=1S/C13H15NO2/c1-8-5-9(2)12-10(8)6-14(3)7-11(12)13(15)16-4/h5-7H,1-4H3/i14+1. The first-order valence-corrected chi connectivity index (χ1v) is 5.18. The minimum atomic E-state index is -0.283. The maximum Gasteiger partial charge on any atom is 0.339 e. The molecule has 0 saturated heterocycles. The topological polar surface area (TPSA) is 31.2 Å². The van der Waals surface area contributed by atoms with Crippen LogP contribution < -0.4 is 0 Å². The molecule has 0 amide bonds. The van der Waals surface area contributed by atoms with Crippen LogP contribution in [0.4, 0.5) is 0 Å². The second-order valence-corrected chi connectivity index (χ2v) is 4.13. The molecule has 1 heterocycles. The van der Waals surface area contributed by atoms with Gasteiger partial charge in [-0.05, 0) is 25.0 Å². The Morgan fingerprint density at radius 3 is 2.56 bits per heavy atom. The first-order valence-electron chi connectivity index (χ1n) is 5.18. The van der Waals surface area contributed by atoms with Crippen LogP contribution in [-0.4, -0.2) is 17.6 Å². The van der Waals surface area contributed by atoms with Gasteiger partial charge in [0.2, 0.25) is 0 Å². The number of nitrogens with zero attached hydrogens (tertiary/aromatic N) is 1. The van der Waals surface area contributed by atoms with Crippen molar-refractivity contribution in [3.8, 4) is 11.1 Å². The lowest BCUT2D eigenvalue weighted by atomic mass is 10.0. The zero-order valence-corrected chi connectivity index (χ0v) is 10.00. The molecule has 3 nitrogen and oxygen atoms in total. The van der Waals surface area contributed by atoms with E-state index < -0.39 is 0 Å². The summed E-state index contributed by atoms with van der Waals surface area (Å²) in [6.07, 6.45) is 3.84. The van der Waals surface area contributed by atoms with Crippen molar-refractivity contribution in [2.24, 2.45) is 7.05 Å². The SMILES string of the molecule is COC(=O)c1c[15n](C)cc2c(C)cc(C)c1-2. The largest absolute Gasteiger partial charge is 0.465 e. The highest BCUT2D eigenvalue weighted by atomic mass is 16.5. The van der Waals surface area contributed by atoms with E-state index >= 15 is 0 Å². The van der Waals surface area contributed by atoms with Gasteiger partial charge in [-0.1, -0.05) is 6.07 Å². The number of hydrogen-bond acceptors (Lipinski definition) is 2. The van der Waals surface area contributed by atoms with E-state index in [2.05, 4.69) is 13.0 Å². The zero-order valence-electron chi connectivity index (χ0n) is 10.00. The van der Waals surface area contributed by atoms with Crippen molar-refractivity contribution >= 4 is 5.97 Å². The van der Waals surface area contributed by atoms with Crippen LogP contribution in [0, 0.1) is 13.8 Å². The van der Waals surface area contributed by atoms with E-state index in [0.717, 1.165) is 16.7 Å². The summed E-state index contributed by atoms with van der Waals surface area (Å²) in [5, 5.41) is 0. The Labute approximate surface area is 95.0 Å². The molecule has 1 aliphatic heterocycles. The lowest BCUT2D eigenvalue weighted by molar-refractivity contribution is 0.0600. The van der Waals surface area contributed by atoms with Crippen molar-refractivity contribution in [2.45, 2.75) is 13.8 Å². The first kappa shape index (κ1) is 10.7. The predicted octanol–water partition coefficient (Wildman–Crippen LogP) is 2.53. The number of aromatic nitrogens is 1. The molecule has 0 radical (unpaired) electrons. The van der Waals surface area contributed by atoms with Gasteiger partial charge in [0.1, 0.15) is 0 Å². The summed E-state index contributed by atoms with van der Waals surface area (Å²) in [5.74, 6) is -0.283. The average Bonchev–Trinajstić information content (AvgIpc) is 2.52. The Morgan fingerprint density at radius 2 is 1.94 bits per heavy atom. The number of carbonyl (C=O) groups excluding carboxylic acids is 1. The minimum Gasteiger partial charge on any atom is -0.465 e. The molecule has 2 rings (SSSR count). The predicted molar refractivity (Wildman–Crippen MR) is 62.8 cm³/mol. The smallest absolute Gasteiger partial charge is 0.339 e. The summed E-state index contributed by atoms with van der Waals surface area (Å²) in [6.45, 7) is 4.07. The number of ether oxygens (including phenoxy) is 1. The van der Waals surface area contributed by atoms with Crippen LogP contribution in [0.5, 0.6) is 0 Å². The molecule has 0 aromatic carbocycles. The van der Waals surface area contributed by atoms with Gasteiger partial charge in [0.25, 0.3) is 0 Å². The van der Waals surface area contributed by atoms with E-state index in [1.165, 1.54) is 12.7 Å². The van der Waals surface area contributed by atoms with Gasteiger partial charge < -0.3 is 9.30 Å². The van der Waals surface area contributed by atoms with Gasteiger partial charge in [-0.15, -0.1) is 0 Å². The summed E-state index contributed by atoms with van der Waals surface area (Å²) in [5.41, 5.74) is 5.06. The van der Waals surface area contributed by atoms with E-state index in [4.69, 9.17) is 4.74 Å². The number of aryl methyl sites for hydroxylation is 3. The summed E-state index contributed by atoms with van der Waals surface area (Å²) >= 11 is 0. The van der Waals surface area contributed by atoms with Crippen LogP contribution in [0.15, 0.2) is 18.5 Å². The number of hydrogen-bond donors (Lipinski definition) is 0. The average molecular weight is 218 g/mol. The molecule has 16 heavy (non-hydrogen) atoms. The molecule has 0 aromatic rings. The molecule has 0 aromatic heterocycles. The molecule has 0 atom stereocenters. The van der Waals surface area contributed by atoms with E-state index in [0.29, 0.717) is 5.56 Å². The lowest BCUT2D eigenvalue weighted by Crippen LogP contribution is -2.07. The molecule has 0 spiro atoms. The van der Waals surface area contributed by atoms with Crippen molar-refractivity contribution in [1.29, 1.82) is 0 Å². The fraction of sp³-hybridized carbons (Fsp3) is 0.308. The van der Waals surface area contributed by atoms with Gasteiger partial charge >= 0.3 is 5.97 Å². The van der Waals surface area contributed by atoms with Crippen molar-refractivity contribution in [1.82, 2.24) is 4.57 Å². The summed E-state index contributed by atoms with van der Waals surface area (Å²) in [6, 6.07) is 2.09. The number of carbonyl (C=O) groups is 1. The molecule has 0 unspecified atom stereocenters. The highest BCUT2D eigenvalue weighted by Gasteiger charge is 2.20. The third-order valence-electron chi connectivity index (χ3n) is 2.86. The Morgan fingerprint density at radius 1 is 1.25 bits per heavy atom. The molecular weight excluding hydrogens is 203 g/mol. The van der Waals surface area contributed by atoms with E-state index in [1.54, 1.807) is 6.20 Å². The van der Waals surface area contributed by atoms with E-state index in [1.807, 2.05) is 24.7 Å². The van der Waals surface area contributed by atoms with E-state index in [9.17, 15) is 4.79 Å². The van der Waals surface area contributed by atoms with Gasteiger partial charge in [-0.25, -0.2) is 4.79 Å². The summed E-state index contributed by atoms with van der Waals surface area (Å²) in [4.78, 5) is 11.7. The van der Waals surface area contributed by atoms with Gasteiger partial charge in [0.05, 0.1) is 12.7 Å². The van der Waals surface area contributed by atoms with Gasteiger partial charge in [-0.2, -0.15) is 0 Å². The van der Waals surface area contributed by atoms with Gasteiger partial charge in [0, 0.05) is 30.6 Å². The molecule has 0 saturated carbocycles. The van der Waals surface area contributed by atoms with Crippen LogP contribution >= 0.6 is 0 Å². The molecule has 84 valence electrons. The third kappa shape index (κ3) is 1.48. The summed E-state index contributed by atoms with van der Waals surface area (Å²) < 4.78 is 6.70. The van der Waals surface area contributed by atoms with E-state index in [-0.39, 0.29) is 5.97 Å². The van der Waals surface area contributed by atoms with Crippen LogP contribution in [0.1, 0.15) is 21.5 Å². The first-order chi connectivity index (χ1) is 7.54. The fourth-order valence-electron chi connectivity index (χ4n) is 2.18. The fourth-order valence-corrected chi connectivity index (χ4v) is 2.18. The van der Waals surface area contributed by atoms with Crippen LogP contribution in [0.2, 0.25) is 0 Å². The second-order valence-electron chi connectivity index (χ2n) is 4.13. The molecule has 0 bridgehead atoms. The monoisotopic (exact) mass is 218 g/mol. The van der Waals surface area contributed by atoms with Crippen molar-refractivity contribution < 1.29 is 9.53 Å². The van der Waals surface area contributed by atoms with Gasteiger partial charge in [-0.3, -0.25) is 0 Å². The minimum absolute atomic E-state index is 0.283. The molecular formula is C13H15NO2. The Bertz CT molecular complexity index is 525. The van der Waals surface area contributed by atoms with Crippen LogP contribution in [0.25, 0.3) is 11.1 Å². The van der Waals surface area contributed by atoms with Crippen LogP contribution in [-0.2, 0) is 11.8 Å². The number of pyridine rings is 1. The molecule has 0 N–H and O–H groups in total. The van der Waals surface area contributed by atoms with Crippen molar-refractivity contribution in [3.63, 3.8) is 0 Å². The maximum atomic E-state index is 11.7. The number of fused-ring (bicyclic) bond motifs is 1. The number of esters is 1. The second kappa shape index (κ2) is 3.67. The quantitative estimate of drug-likeness (QED) is 0.689. The Kier molecular flexibility index (Phi) is 2.46. The lowest BCUT2D eigenvalue weighted by Gasteiger charge is -2.11. The summed E-state index contributed by atoms with van der Waals surface area (Å²) in [7, 11) is 3.32. The molecule has 0 fully saturated rings. The zero-order chi connectivity index (χ0) is 11.9. The Balaban J connectivity index is 2.77. The Hall–Kier alpha value is -1.77. The van der Waals surface area contributed by atoms with Gasteiger partial charge in [0.15, 0.2) is 0 Å². The van der Waals surface area contributed by atoms with Crippen molar-refractivity contribution in [2.75, 3.05) is 7.11 Å². The number of rotatable bonds is 1. The molecule has 1 aliphatic carbocycles. The van der Waals surface area contributed by atoms with Crippen LogP contribution in [0.3, 0.4) is 0 Å². The highest BCUT2D eigenvalue weighted by molar-refractivity contribution is 5.99. The maximum absolute atomic E-state index is 11.7. The number of methoxy groups -OCH3 is 1. The molecule has 2 aliphatic rings. The van der Waals surface area contributed by atoms with Crippen molar-refractivity contribution in [3.05, 3.63) is 35.2 Å². The normalized spacial score (nSPS) is 10.8. The highest BCUT2D eigenvalue weighted by Crippen LogP contribution is 2.34.